The highest BCUT2D eigenvalue weighted by atomic mass is 19.1. The Morgan fingerprint density at radius 2 is 1.52 bits per heavy atom. The molecular formula is C24H20FNO3. The molecule has 0 bridgehead atoms. The van der Waals surface area contributed by atoms with Crippen molar-refractivity contribution in [2.45, 2.75) is 6.04 Å². The number of nitrogens with one attached hydrogen (secondary N) is 1. The minimum Gasteiger partial charge on any atom is -0.452 e. The van der Waals surface area contributed by atoms with E-state index in [9.17, 15) is 14.0 Å². The molecule has 0 aliphatic heterocycles. The molecule has 3 aromatic rings. The summed E-state index contributed by atoms with van der Waals surface area (Å²) < 4.78 is 18.1. The van der Waals surface area contributed by atoms with Crippen LogP contribution in [0.25, 0.3) is 6.08 Å². The SMILES string of the molecule is O=C(COC(=O)C=Cc1cccc(F)c1)NC(c1ccccc1)c1ccccc1. The lowest BCUT2D eigenvalue weighted by molar-refractivity contribution is -0.143. The van der Waals surface area contributed by atoms with E-state index in [0.29, 0.717) is 5.56 Å². The Kier molecular flexibility index (Phi) is 6.90. The second kappa shape index (κ2) is 9.99. The topological polar surface area (TPSA) is 55.4 Å². The summed E-state index contributed by atoms with van der Waals surface area (Å²) in [5, 5.41) is 2.90. The van der Waals surface area contributed by atoms with Gasteiger partial charge in [0.1, 0.15) is 5.82 Å². The molecule has 29 heavy (non-hydrogen) atoms. The van der Waals surface area contributed by atoms with E-state index in [1.165, 1.54) is 18.2 Å². The predicted molar refractivity (Wildman–Crippen MR) is 109 cm³/mol. The highest BCUT2D eigenvalue weighted by Gasteiger charge is 2.17. The summed E-state index contributed by atoms with van der Waals surface area (Å²) >= 11 is 0. The maximum Gasteiger partial charge on any atom is 0.331 e. The molecular weight excluding hydrogens is 369 g/mol. The molecule has 1 amide bonds. The Bertz CT molecular complexity index is 948. The molecule has 0 unspecified atom stereocenters. The van der Waals surface area contributed by atoms with E-state index in [2.05, 4.69) is 5.32 Å². The lowest BCUT2D eigenvalue weighted by Crippen LogP contribution is -2.32. The second-order valence-electron chi connectivity index (χ2n) is 6.32. The van der Waals surface area contributed by atoms with Crippen molar-refractivity contribution in [2.75, 3.05) is 6.61 Å². The molecule has 0 aromatic heterocycles. The highest BCUT2D eigenvalue weighted by molar-refractivity contribution is 5.89. The van der Waals surface area contributed by atoms with E-state index in [0.717, 1.165) is 17.2 Å². The van der Waals surface area contributed by atoms with Crippen LogP contribution in [0, 0.1) is 5.82 Å². The second-order valence-corrected chi connectivity index (χ2v) is 6.32. The molecule has 3 aromatic carbocycles. The van der Waals surface area contributed by atoms with Crippen LogP contribution in [-0.2, 0) is 14.3 Å². The molecule has 0 aliphatic rings. The van der Waals surface area contributed by atoms with Gasteiger partial charge in [0, 0.05) is 6.08 Å². The third-order valence-electron chi connectivity index (χ3n) is 4.18. The lowest BCUT2D eigenvalue weighted by atomic mass is 9.99. The largest absolute Gasteiger partial charge is 0.452 e. The number of ether oxygens (including phenoxy) is 1. The average Bonchev–Trinajstić information content (AvgIpc) is 2.76. The van der Waals surface area contributed by atoms with E-state index in [1.807, 2.05) is 60.7 Å². The van der Waals surface area contributed by atoms with Crippen LogP contribution in [0.2, 0.25) is 0 Å². The van der Waals surface area contributed by atoms with Crippen LogP contribution in [-0.4, -0.2) is 18.5 Å². The van der Waals surface area contributed by atoms with Crippen molar-refractivity contribution in [2.24, 2.45) is 0 Å². The van der Waals surface area contributed by atoms with E-state index in [1.54, 1.807) is 12.1 Å². The van der Waals surface area contributed by atoms with E-state index in [4.69, 9.17) is 4.74 Å². The van der Waals surface area contributed by atoms with Gasteiger partial charge in [-0.15, -0.1) is 0 Å². The molecule has 1 N–H and O–H groups in total. The number of esters is 1. The van der Waals surface area contributed by atoms with E-state index >= 15 is 0 Å². The van der Waals surface area contributed by atoms with Crippen molar-refractivity contribution in [3.63, 3.8) is 0 Å². The number of carbonyl (C=O) groups excluding carboxylic acids is 2. The van der Waals surface area contributed by atoms with Crippen LogP contribution < -0.4 is 5.32 Å². The summed E-state index contributed by atoms with van der Waals surface area (Å²) in [4.78, 5) is 24.2. The predicted octanol–water partition coefficient (Wildman–Crippen LogP) is 4.29. The third kappa shape index (κ3) is 6.14. The van der Waals surface area contributed by atoms with Crippen LogP contribution >= 0.6 is 0 Å². The number of benzene rings is 3. The van der Waals surface area contributed by atoms with Crippen LogP contribution in [0.4, 0.5) is 4.39 Å². The smallest absolute Gasteiger partial charge is 0.331 e. The molecule has 0 spiro atoms. The first-order valence-electron chi connectivity index (χ1n) is 9.11. The number of carbonyl (C=O) groups is 2. The Labute approximate surface area is 168 Å². The zero-order valence-corrected chi connectivity index (χ0v) is 15.6. The number of halogens is 1. The number of amides is 1. The molecule has 5 heteroatoms. The summed E-state index contributed by atoms with van der Waals surface area (Å²) in [5.41, 5.74) is 2.37. The summed E-state index contributed by atoms with van der Waals surface area (Å²) in [5.74, 6) is -1.50. The van der Waals surface area contributed by atoms with Crippen molar-refractivity contribution in [3.05, 3.63) is 114 Å². The molecule has 4 nitrogen and oxygen atoms in total. The highest BCUT2D eigenvalue weighted by Crippen LogP contribution is 2.21. The molecule has 0 fully saturated rings. The van der Waals surface area contributed by atoms with Gasteiger partial charge in [-0.1, -0.05) is 72.8 Å². The molecule has 0 heterocycles. The standard InChI is InChI=1S/C24H20FNO3/c25-21-13-7-8-18(16-21)14-15-23(28)29-17-22(27)26-24(19-9-3-1-4-10-19)20-11-5-2-6-12-20/h1-16,24H,17H2,(H,26,27). The monoisotopic (exact) mass is 389 g/mol. The quantitative estimate of drug-likeness (QED) is 0.485. The first-order chi connectivity index (χ1) is 14.1. The van der Waals surface area contributed by atoms with Crippen LogP contribution in [0.1, 0.15) is 22.7 Å². The van der Waals surface area contributed by atoms with Crippen molar-refractivity contribution >= 4 is 18.0 Å². The Hall–Kier alpha value is -3.73. The van der Waals surface area contributed by atoms with Crippen molar-refractivity contribution in [1.82, 2.24) is 5.32 Å². The van der Waals surface area contributed by atoms with Gasteiger partial charge in [-0.05, 0) is 34.9 Å². The van der Waals surface area contributed by atoms with Crippen molar-refractivity contribution in [3.8, 4) is 0 Å². The maximum absolute atomic E-state index is 13.1. The van der Waals surface area contributed by atoms with E-state index in [-0.39, 0.29) is 6.04 Å². The summed E-state index contributed by atoms with van der Waals surface area (Å²) in [7, 11) is 0. The Balaban J connectivity index is 1.59. The molecule has 0 atom stereocenters. The number of hydrogen-bond donors (Lipinski definition) is 1. The molecule has 0 saturated carbocycles. The van der Waals surface area contributed by atoms with Gasteiger partial charge in [0.05, 0.1) is 6.04 Å². The third-order valence-corrected chi connectivity index (χ3v) is 4.18. The van der Waals surface area contributed by atoms with Crippen LogP contribution in [0.3, 0.4) is 0 Å². The number of hydrogen-bond acceptors (Lipinski definition) is 3. The summed E-state index contributed by atoms with van der Waals surface area (Å²) in [6.07, 6.45) is 2.59. The van der Waals surface area contributed by atoms with Gasteiger partial charge in [-0.25, -0.2) is 9.18 Å². The minimum atomic E-state index is -0.680. The number of rotatable bonds is 7. The molecule has 146 valence electrons. The van der Waals surface area contributed by atoms with Crippen LogP contribution in [0.15, 0.2) is 91.0 Å². The van der Waals surface area contributed by atoms with Crippen LogP contribution in [0.5, 0.6) is 0 Å². The lowest BCUT2D eigenvalue weighted by Gasteiger charge is -2.19. The molecule has 3 rings (SSSR count). The fourth-order valence-electron chi connectivity index (χ4n) is 2.81. The van der Waals surface area contributed by atoms with Gasteiger partial charge in [-0.3, -0.25) is 4.79 Å². The molecule has 0 saturated heterocycles. The average molecular weight is 389 g/mol. The fraction of sp³-hybridized carbons (Fsp3) is 0.0833. The zero-order valence-electron chi connectivity index (χ0n) is 15.6. The fourth-order valence-corrected chi connectivity index (χ4v) is 2.81. The van der Waals surface area contributed by atoms with Gasteiger partial charge in [0.2, 0.25) is 0 Å². The molecule has 0 aliphatic carbocycles. The van der Waals surface area contributed by atoms with Gasteiger partial charge in [0.25, 0.3) is 5.91 Å². The minimum absolute atomic E-state index is 0.355. The molecule has 0 radical (unpaired) electrons. The summed E-state index contributed by atoms with van der Waals surface area (Å²) in [6.45, 7) is -0.414. The summed E-state index contributed by atoms with van der Waals surface area (Å²) in [6, 6.07) is 24.5. The van der Waals surface area contributed by atoms with Crippen molar-refractivity contribution < 1.29 is 18.7 Å². The van der Waals surface area contributed by atoms with Gasteiger partial charge >= 0.3 is 5.97 Å². The van der Waals surface area contributed by atoms with Gasteiger partial charge in [0.15, 0.2) is 6.61 Å². The maximum atomic E-state index is 13.1. The van der Waals surface area contributed by atoms with Gasteiger partial charge < -0.3 is 10.1 Å². The van der Waals surface area contributed by atoms with Gasteiger partial charge in [-0.2, -0.15) is 0 Å². The first kappa shape index (κ1) is 20.0. The van der Waals surface area contributed by atoms with E-state index < -0.39 is 24.3 Å². The first-order valence-corrected chi connectivity index (χ1v) is 9.11. The zero-order chi connectivity index (χ0) is 20.5. The Morgan fingerprint density at radius 3 is 2.10 bits per heavy atom. The van der Waals surface area contributed by atoms with Crippen molar-refractivity contribution in [1.29, 1.82) is 0 Å². The normalized spacial score (nSPS) is 10.8. The Morgan fingerprint density at radius 1 is 0.897 bits per heavy atom.